The lowest BCUT2D eigenvalue weighted by atomic mass is 10.1. The number of anilines is 1. The van der Waals surface area contributed by atoms with Gasteiger partial charge in [0.15, 0.2) is 5.65 Å². The van der Waals surface area contributed by atoms with Crippen LogP contribution in [-0.4, -0.2) is 40.8 Å². The van der Waals surface area contributed by atoms with E-state index in [4.69, 9.17) is 5.14 Å². The van der Waals surface area contributed by atoms with Crippen molar-refractivity contribution in [1.82, 2.24) is 19.9 Å². The van der Waals surface area contributed by atoms with Crippen LogP contribution in [0.5, 0.6) is 0 Å². The Morgan fingerprint density at radius 1 is 0.903 bits per heavy atom. The third-order valence-electron chi connectivity index (χ3n) is 5.44. The van der Waals surface area contributed by atoms with Gasteiger partial charge in [0, 0.05) is 60.3 Å². The van der Waals surface area contributed by atoms with Crippen molar-refractivity contribution >= 4 is 23.3 Å². The number of benzene rings is 2. The van der Waals surface area contributed by atoms with Crippen molar-refractivity contribution in [2.75, 3.05) is 31.1 Å². The van der Waals surface area contributed by atoms with Gasteiger partial charge < -0.3 is 10.2 Å². The van der Waals surface area contributed by atoms with Crippen molar-refractivity contribution in [2.24, 2.45) is 5.14 Å². The lowest BCUT2D eigenvalue weighted by molar-refractivity contribution is 0.589. The molecule has 4 aromatic rings. The lowest BCUT2D eigenvalue weighted by Gasteiger charge is -2.29. The highest BCUT2D eigenvalue weighted by atomic mass is 32.2. The first-order valence-corrected chi connectivity index (χ1v) is 11.3. The molecule has 0 spiro atoms. The van der Waals surface area contributed by atoms with Crippen LogP contribution < -0.4 is 15.4 Å². The van der Waals surface area contributed by atoms with Crippen LogP contribution in [0.4, 0.5) is 5.69 Å². The predicted molar refractivity (Wildman–Crippen MR) is 129 cm³/mol. The second-order valence-corrected chi connectivity index (χ2v) is 8.28. The fraction of sp³-hybridized carbons (Fsp3) is 0.250. The molecule has 1 fully saturated rings. The minimum Gasteiger partial charge on any atom is -0.369 e. The number of nitrogens with one attached hydrogen (secondary N) is 1. The Bertz CT molecular complexity index is 1130. The second kappa shape index (κ2) is 9.96. The summed E-state index contributed by atoms with van der Waals surface area (Å²) in [5, 5.41) is 13.1. The standard InChI is InChI=1S/C17H19N5.C7H9NS/c1-13-10-20-22-12-15(11-19-17(13)22)14-2-4-16(5-3-14)21-8-6-18-7-9-21;1-6-4-2-3-5-7(6)9-8/h2-5,10-12,18H,6-9H2,1H3;2-5H,8H2,1H3. The van der Waals surface area contributed by atoms with Gasteiger partial charge in [-0.2, -0.15) is 5.10 Å². The lowest BCUT2D eigenvalue weighted by Crippen LogP contribution is -2.43. The van der Waals surface area contributed by atoms with Gasteiger partial charge in [-0.25, -0.2) is 9.50 Å². The highest BCUT2D eigenvalue weighted by Crippen LogP contribution is 2.23. The molecule has 160 valence electrons. The molecule has 7 heteroatoms. The number of hydrogen-bond donors (Lipinski definition) is 2. The minimum atomic E-state index is 0.918. The normalized spacial score (nSPS) is 13.7. The summed E-state index contributed by atoms with van der Waals surface area (Å²) in [6, 6.07) is 16.8. The Labute approximate surface area is 187 Å². The summed E-state index contributed by atoms with van der Waals surface area (Å²) in [6.07, 6.45) is 5.80. The van der Waals surface area contributed by atoms with Crippen LogP contribution in [0.3, 0.4) is 0 Å². The number of aryl methyl sites for hydroxylation is 2. The summed E-state index contributed by atoms with van der Waals surface area (Å²) >= 11 is 1.30. The molecule has 0 bridgehead atoms. The van der Waals surface area contributed by atoms with E-state index in [9.17, 15) is 0 Å². The van der Waals surface area contributed by atoms with Crippen molar-refractivity contribution < 1.29 is 0 Å². The maximum absolute atomic E-state index is 5.37. The molecule has 3 N–H and O–H groups in total. The molecule has 5 rings (SSSR count). The zero-order chi connectivity index (χ0) is 21.6. The Balaban J connectivity index is 0.000000217. The summed E-state index contributed by atoms with van der Waals surface area (Å²) in [7, 11) is 0. The third-order valence-corrected chi connectivity index (χ3v) is 6.15. The van der Waals surface area contributed by atoms with Gasteiger partial charge in [0.1, 0.15) is 0 Å². The number of fused-ring (bicyclic) bond motifs is 1. The maximum Gasteiger partial charge on any atom is 0.157 e. The molecule has 0 radical (unpaired) electrons. The summed E-state index contributed by atoms with van der Waals surface area (Å²) in [4.78, 5) is 8.08. The van der Waals surface area contributed by atoms with Gasteiger partial charge in [0.25, 0.3) is 0 Å². The maximum atomic E-state index is 5.37. The van der Waals surface area contributed by atoms with E-state index in [1.165, 1.54) is 28.8 Å². The van der Waals surface area contributed by atoms with Crippen LogP contribution in [0.15, 0.2) is 72.0 Å². The van der Waals surface area contributed by atoms with Gasteiger partial charge in [-0.15, -0.1) is 0 Å². The summed E-state index contributed by atoms with van der Waals surface area (Å²) in [5.41, 5.74) is 6.80. The van der Waals surface area contributed by atoms with Gasteiger partial charge in [-0.05, 0) is 55.1 Å². The van der Waals surface area contributed by atoms with Crippen molar-refractivity contribution in [3.05, 3.63) is 78.2 Å². The van der Waals surface area contributed by atoms with Crippen LogP contribution in [0.25, 0.3) is 16.8 Å². The molecule has 1 aliphatic heterocycles. The SMILES string of the molecule is Cc1ccccc1SN.Cc1cnn2cc(-c3ccc(N4CCNCC4)cc3)cnc12. The van der Waals surface area contributed by atoms with Gasteiger partial charge in [0.05, 0.1) is 6.20 Å². The third kappa shape index (κ3) is 5.07. The van der Waals surface area contributed by atoms with Gasteiger partial charge in [-0.1, -0.05) is 30.3 Å². The number of rotatable bonds is 3. The van der Waals surface area contributed by atoms with Crippen LogP contribution in [0, 0.1) is 13.8 Å². The molecule has 6 nitrogen and oxygen atoms in total. The first-order valence-electron chi connectivity index (χ1n) is 10.4. The van der Waals surface area contributed by atoms with Gasteiger partial charge in [0.2, 0.25) is 0 Å². The molecule has 0 saturated carbocycles. The highest BCUT2D eigenvalue weighted by molar-refractivity contribution is 7.97. The molecule has 1 aliphatic rings. The molecule has 31 heavy (non-hydrogen) atoms. The molecular weight excluding hydrogens is 404 g/mol. The van der Waals surface area contributed by atoms with E-state index in [1.807, 2.05) is 48.2 Å². The number of aromatic nitrogens is 3. The van der Waals surface area contributed by atoms with Crippen LogP contribution in [0.2, 0.25) is 0 Å². The average Bonchev–Trinajstić information content (AvgIpc) is 3.20. The van der Waals surface area contributed by atoms with Crippen LogP contribution in [-0.2, 0) is 0 Å². The molecule has 0 unspecified atom stereocenters. The number of hydrogen-bond acceptors (Lipinski definition) is 6. The van der Waals surface area contributed by atoms with E-state index < -0.39 is 0 Å². The summed E-state index contributed by atoms with van der Waals surface area (Å²) < 4.78 is 1.84. The highest BCUT2D eigenvalue weighted by Gasteiger charge is 2.10. The van der Waals surface area contributed by atoms with Crippen molar-refractivity contribution in [2.45, 2.75) is 18.7 Å². The van der Waals surface area contributed by atoms with Crippen LogP contribution in [0.1, 0.15) is 11.1 Å². The second-order valence-electron chi connectivity index (χ2n) is 7.61. The Kier molecular flexibility index (Phi) is 6.86. The van der Waals surface area contributed by atoms with Gasteiger partial charge in [-0.3, -0.25) is 5.14 Å². The van der Waals surface area contributed by atoms with Crippen LogP contribution >= 0.6 is 11.9 Å². The molecular formula is C24H28N6S. The van der Waals surface area contributed by atoms with E-state index in [-0.39, 0.29) is 0 Å². The molecule has 1 saturated heterocycles. The molecule has 2 aromatic carbocycles. The Morgan fingerprint density at radius 3 is 2.32 bits per heavy atom. The zero-order valence-corrected chi connectivity index (χ0v) is 18.8. The van der Waals surface area contributed by atoms with E-state index >= 15 is 0 Å². The predicted octanol–water partition coefficient (Wildman–Crippen LogP) is 4.08. The monoisotopic (exact) mass is 432 g/mol. The largest absolute Gasteiger partial charge is 0.369 e. The van der Waals surface area contributed by atoms with Gasteiger partial charge >= 0.3 is 0 Å². The van der Waals surface area contributed by atoms with E-state index in [0.29, 0.717) is 0 Å². The fourth-order valence-electron chi connectivity index (χ4n) is 3.62. The van der Waals surface area contributed by atoms with E-state index in [0.717, 1.165) is 47.8 Å². The number of nitrogens with two attached hydrogens (primary N) is 1. The van der Waals surface area contributed by atoms with Crippen molar-refractivity contribution in [1.29, 1.82) is 0 Å². The Hall–Kier alpha value is -2.87. The quantitative estimate of drug-likeness (QED) is 0.476. The Morgan fingerprint density at radius 2 is 1.65 bits per heavy atom. The molecule has 0 aliphatic carbocycles. The zero-order valence-electron chi connectivity index (χ0n) is 18.0. The molecule has 0 atom stereocenters. The average molecular weight is 433 g/mol. The first kappa shape index (κ1) is 21.4. The molecule has 0 amide bonds. The van der Waals surface area contributed by atoms with E-state index in [1.54, 1.807) is 0 Å². The first-order chi connectivity index (χ1) is 15.2. The fourth-order valence-corrected chi connectivity index (χ4v) is 4.03. The van der Waals surface area contributed by atoms with Crippen molar-refractivity contribution in [3.8, 4) is 11.1 Å². The van der Waals surface area contributed by atoms with E-state index in [2.05, 4.69) is 57.6 Å². The topological polar surface area (TPSA) is 71.5 Å². The smallest absolute Gasteiger partial charge is 0.157 e. The number of nitrogens with zero attached hydrogens (tertiary/aromatic N) is 4. The molecule has 2 aromatic heterocycles. The summed E-state index contributed by atoms with van der Waals surface area (Å²) in [5.74, 6) is 0. The van der Waals surface area contributed by atoms with Crippen molar-refractivity contribution in [3.63, 3.8) is 0 Å². The minimum absolute atomic E-state index is 0.918. The summed E-state index contributed by atoms with van der Waals surface area (Å²) in [6.45, 7) is 8.33. The number of piperazine rings is 1. The molecule has 3 heterocycles.